The Hall–Kier alpha value is -9.64. The molecule has 0 spiro atoms. The highest BCUT2D eigenvalue weighted by Gasteiger charge is 2.66. The number of aliphatic hydroxyl groups excluding tert-OH is 3. The molecular formula is C122H170N6O15S3. The average molecular weight is 2060 g/mol. The minimum absolute atomic E-state index is 0.0128. The van der Waals surface area contributed by atoms with Gasteiger partial charge in [0.15, 0.2) is 29.5 Å². The number of nitrogens with zero attached hydrogens (tertiary/aromatic N) is 3. The lowest BCUT2D eigenvalue weighted by atomic mass is 9.37. The van der Waals surface area contributed by atoms with Crippen LogP contribution in [0, 0.1) is 134 Å². The summed E-state index contributed by atoms with van der Waals surface area (Å²) in [6.45, 7) is 59.4. The molecule has 1 heterocycles. The largest absolute Gasteiger partial charge is 0.504 e. The van der Waals surface area contributed by atoms with Crippen LogP contribution in [0.2, 0.25) is 0 Å². The van der Waals surface area contributed by atoms with Gasteiger partial charge in [-0.05, 0) is 370 Å². The number of nitriles is 3. The van der Waals surface area contributed by atoms with Crippen molar-refractivity contribution >= 4 is 94.9 Å². The molecule has 2 aromatic rings. The van der Waals surface area contributed by atoms with Crippen LogP contribution in [0.4, 0.5) is 11.4 Å². The molecule has 1 aliphatic heterocycles. The number of benzene rings is 2. The molecule has 0 radical (unpaired) electrons. The zero-order valence-corrected chi connectivity index (χ0v) is 95.2. The number of rotatable bonds is 16. The lowest BCUT2D eigenvalue weighted by molar-refractivity contribution is -0.158. The third-order valence-corrected chi connectivity index (χ3v) is 38.1. The number of anilines is 2. The molecule has 0 bridgehead atoms. The molecule has 6 N–H and O–H groups in total. The van der Waals surface area contributed by atoms with Crippen LogP contribution in [0.1, 0.15) is 335 Å². The van der Waals surface area contributed by atoms with Crippen LogP contribution in [0.15, 0.2) is 199 Å². The first-order valence-corrected chi connectivity index (χ1v) is 55.3. The highest BCUT2D eigenvalue weighted by Crippen LogP contribution is 2.75. The van der Waals surface area contributed by atoms with Crippen LogP contribution in [0.25, 0.3) is 0 Å². The fraction of sp³-hybridized carbons (Fsp3) is 0.615. The summed E-state index contributed by atoms with van der Waals surface area (Å²) < 4.78 is 20.5. The van der Waals surface area contributed by atoms with E-state index < -0.39 is 36.1 Å². The molecule has 12 aliphatic rings. The van der Waals surface area contributed by atoms with Gasteiger partial charge in [0.05, 0.1) is 39.7 Å². The molecule has 21 nitrogen and oxygen atoms in total. The normalized spacial score (nSPS) is 33.8. The maximum Gasteiger partial charge on any atom is 0.310 e. The number of allylic oxidation sites excluding steroid dienone is 13. The lowest BCUT2D eigenvalue weighted by Crippen LogP contribution is -2.59. The second-order valence-corrected chi connectivity index (χ2v) is 51.4. The van der Waals surface area contributed by atoms with Crippen molar-refractivity contribution < 1.29 is 72.6 Å². The van der Waals surface area contributed by atoms with Gasteiger partial charge in [0.2, 0.25) is 23.5 Å². The van der Waals surface area contributed by atoms with Crippen molar-refractivity contribution in [3.63, 3.8) is 0 Å². The number of carbonyl (C=O) groups excluding carboxylic acids is 8. The predicted octanol–water partition coefficient (Wildman–Crippen LogP) is 29.0. The van der Waals surface area contributed by atoms with Crippen LogP contribution in [0.3, 0.4) is 0 Å². The monoisotopic (exact) mass is 2060 g/mol. The van der Waals surface area contributed by atoms with E-state index in [1.54, 1.807) is 23.9 Å². The summed E-state index contributed by atoms with van der Waals surface area (Å²) in [5, 5.41) is 70.1. The Morgan fingerprint density at radius 1 is 0.616 bits per heavy atom. The molecule has 20 atom stereocenters. The van der Waals surface area contributed by atoms with Crippen molar-refractivity contribution in [2.45, 2.75) is 373 Å². The average Bonchev–Trinajstić information content (AvgIpc) is 0.728. The van der Waals surface area contributed by atoms with Crippen LogP contribution in [-0.4, -0.2) is 104 Å². The van der Waals surface area contributed by atoms with E-state index in [0.29, 0.717) is 41.1 Å². The molecule has 6 fully saturated rings. The molecule has 1 saturated heterocycles. The molecule has 24 heteroatoms. The van der Waals surface area contributed by atoms with Gasteiger partial charge < -0.3 is 50.2 Å². The molecule has 2 aromatic carbocycles. The first kappa shape index (κ1) is 120. The number of esters is 4. The lowest BCUT2D eigenvalue weighted by Gasteiger charge is -2.67. The molecular weight excluding hydrogens is 1890 g/mol. The van der Waals surface area contributed by atoms with E-state index in [0.717, 1.165) is 165 Å². The van der Waals surface area contributed by atoms with Gasteiger partial charge in [-0.25, -0.2) is 0 Å². The number of nitrogens with one attached hydrogen (secondary N) is 3. The number of aliphatic hydroxyl groups is 3. The summed E-state index contributed by atoms with van der Waals surface area (Å²) in [6, 6.07) is 22.9. The number of carbonyl (C=O) groups is 8. The van der Waals surface area contributed by atoms with E-state index in [2.05, 4.69) is 232 Å². The van der Waals surface area contributed by atoms with Gasteiger partial charge in [-0.1, -0.05) is 151 Å². The summed E-state index contributed by atoms with van der Waals surface area (Å²) in [4.78, 5) is 92.3. The molecule has 5 saturated carbocycles. The van der Waals surface area contributed by atoms with Crippen molar-refractivity contribution in [2.75, 3.05) is 23.8 Å². The second kappa shape index (κ2) is 49.0. The first-order valence-electron chi connectivity index (χ1n) is 53.0. The standard InChI is InChI=1S/C40H52N2O5S.C37H54N2O3S.C29H41NO2.C8H9NOS.C4H6O3.C4H8O/c1-10-39(8)36-21-35(48-29-13-11-28(12-14-29)42-25(3)43)30-19-33(46-26(4)44)34(47-27(5)45)20-31(30)38(36,7)17-18-40(39,9)32-22-37(6,23-41)16-15-24(32)2;1-24-14-17-36(7,8)32(22-35(5,6)23-38)25(2)15-18-37(9)19-16-33(41)34(42)26(3)20-30(21-31(24)37)43-29-12-10-28(11-13-29)39-27(4)40;1-19-20-8-9-23-28(6,21(20)16-22(31)24(19)32)14-13-27(5)17-26(4,12-15-29(23,27)7)11-10-25(2,3)18-30;1-6(10)9-7-2-4-8(11)5-3-7;1-3(5)7-4(2)6;1-2-4-5-3-1/h11-14,19-21,24,32-35H,10,15-18,22H2,1-9H3,(H,42,43);10-12,16,19-21,24-25,29-30,32,41-42H,13-15,17-18,22H2,1-9H3,(H,39,40);8,16,23,32H,9-15,17H2,1-7H3;2-5,11H,1H3,(H,9,10);1-2H3;1-4H2/b;19-16+,26-20+,31-21?,34-33-;;;;/t24-,32-,33?,34?,35?,37-,38+,39-,40+;24-,25+,29?,30?,32-,37-;23?,26-,27+,28+,29-;;;/m101.../s1. The van der Waals surface area contributed by atoms with Crippen LogP contribution >= 0.6 is 36.2 Å². The summed E-state index contributed by atoms with van der Waals surface area (Å²) >= 11 is 7.67. The van der Waals surface area contributed by atoms with Gasteiger partial charge in [-0.2, -0.15) is 15.8 Å². The van der Waals surface area contributed by atoms with Crippen molar-refractivity contribution in [3.05, 3.63) is 189 Å². The number of ether oxygens (including phenoxy) is 4. The van der Waals surface area contributed by atoms with Gasteiger partial charge in [0.1, 0.15) is 0 Å². The van der Waals surface area contributed by atoms with Crippen molar-refractivity contribution in [1.29, 1.82) is 15.8 Å². The number of amides is 3. The van der Waals surface area contributed by atoms with E-state index in [9.17, 15) is 69.5 Å². The Kier molecular flexibility index (Phi) is 40.2. The number of fused-ring (bicyclic) bond motifs is 9. The number of thiol groups is 1. The highest BCUT2D eigenvalue weighted by atomic mass is 32.2. The Morgan fingerprint density at radius 2 is 1.20 bits per heavy atom. The molecule has 0 aromatic heterocycles. The van der Waals surface area contributed by atoms with E-state index in [-0.39, 0.29) is 122 Å². The molecule has 11 aliphatic carbocycles. The van der Waals surface area contributed by atoms with Crippen LogP contribution in [-0.2, 0) is 57.3 Å². The zero-order valence-electron chi connectivity index (χ0n) is 92.7. The molecule has 14 rings (SSSR count). The Balaban J connectivity index is 0.000000221. The molecule has 796 valence electrons. The van der Waals surface area contributed by atoms with Gasteiger partial charge in [0, 0.05) is 115 Å². The van der Waals surface area contributed by atoms with Crippen LogP contribution < -0.4 is 16.0 Å². The van der Waals surface area contributed by atoms with Crippen molar-refractivity contribution in [1.82, 2.24) is 5.32 Å². The SMILES string of the molecule is C1CCOC1.CC(=O)NC1=CCC(SC2C=C3[C@@H](C)CCC(C)(C)[C@@H](CC(C)(C)C#N)[C@H](C)CC[C@@]3(C)/C=C/C(O)=C(O)\C(C)=C\2)C=C1.CC(=O)Nc1ccc(S)cc1.CC(=O)OC(C)=O.CC1=C(O)C(=O)C=C2C1=CCC1[C@@]2(C)CC[C@@]2(C)C[C@](C)(CCC(C)(C)C#N)CC[C@]12C.CC[C@]1(C)C2=CC(Sc3ccc(NC(C)=O)cc3)C3=CC(OC(C)=O)C(OC(C)=O)C=C3[C@]2(C)CC[C@@]1(C)[C@@H]1C[C@](C)(C#N)CC[C@H]1C. The van der Waals surface area contributed by atoms with Gasteiger partial charge in [-0.3, -0.25) is 38.4 Å². The quantitative estimate of drug-likeness (QED) is 0.0270. The summed E-state index contributed by atoms with van der Waals surface area (Å²) in [5.74, 6) is -0.135. The molecule has 6 unspecified atom stereocenters. The number of hydrogen-bond donors (Lipinski definition) is 7. The van der Waals surface area contributed by atoms with Crippen LogP contribution in [0.5, 0.6) is 0 Å². The molecule has 146 heavy (non-hydrogen) atoms. The molecule has 3 amide bonds. The predicted molar refractivity (Wildman–Crippen MR) is 589 cm³/mol. The zero-order chi connectivity index (χ0) is 109. The fourth-order valence-corrected chi connectivity index (χ4v) is 28.6. The maximum absolute atomic E-state index is 12.5. The Morgan fingerprint density at radius 3 is 1.73 bits per heavy atom. The summed E-state index contributed by atoms with van der Waals surface area (Å²) in [6.07, 6.45) is 46.7. The number of ketones is 1. The highest BCUT2D eigenvalue weighted by molar-refractivity contribution is 8.01. The maximum atomic E-state index is 12.5. The van der Waals surface area contributed by atoms with E-state index in [4.69, 9.17) is 14.2 Å². The Labute approximate surface area is 887 Å². The van der Waals surface area contributed by atoms with E-state index in [1.807, 2.05) is 86.3 Å². The van der Waals surface area contributed by atoms with Gasteiger partial charge >= 0.3 is 23.9 Å². The Bertz CT molecular complexity index is 5680. The van der Waals surface area contributed by atoms with Crippen molar-refractivity contribution in [3.8, 4) is 18.2 Å². The number of thioether (sulfide) groups is 2. The fourth-order valence-electron chi connectivity index (χ4n) is 26.1. The van der Waals surface area contributed by atoms with Gasteiger partial charge in [0.25, 0.3) is 0 Å². The van der Waals surface area contributed by atoms with E-state index in [1.165, 1.54) is 104 Å². The topological polar surface area (TPSA) is 342 Å². The third kappa shape index (κ3) is 29.1. The van der Waals surface area contributed by atoms with E-state index >= 15 is 0 Å². The second-order valence-electron chi connectivity index (χ2n) is 48.2. The van der Waals surface area contributed by atoms with Crippen molar-refractivity contribution in [2.24, 2.45) is 100 Å². The first-order chi connectivity index (χ1) is 67.9. The number of hydrogen-bond acceptors (Lipinski definition) is 21. The van der Waals surface area contributed by atoms with Gasteiger partial charge in [-0.15, -0.1) is 36.2 Å². The minimum atomic E-state index is -0.730. The summed E-state index contributed by atoms with van der Waals surface area (Å²) in [7, 11) is 0. The minimum Gasteiger partial charge on any atom is -0.504 e. The third-order valence-electron chi connectivity index (χ3n) is 35.3. The summed E-state index contributed by atoms with van der Waals surface area (Å²) in [5.41, 5.74) is 10.1. The smallest absolute Gasteiger partial charge is 0.310 e.